The Bertz CT molecular complexity index is 459. The fraction of sp³-hybridized carbons (Fsp3) is 0.333. The smallest absolute Gasteiger partial charge is 0.307 e. The maximum Gasteiger partial charge on any atom is 0.307 e. The molecule has 0 saturated heterocycles. The van der Waals surface area contributed by atoms with Crippen LogP contribution < -0.4 is 10.2 Å². The molecule has 0 saturated carbocycles. The summed E-state index contributed by atoms with van der Waals surface area (Å²) in [4.78, 5) is 24.6. The van der Waals surface area contributed by atoms with E-state index in [0.717, 1.165) is 11.4 Å². The van der Waals surface area contributed by atoms with Crippen LogP contribution in [0.5, 0.6) is 0 Å². The third-order valence-electron chi connectivity index (χ3n) is 2.64. The van der Waals surface area contributed by atoms with Gasteiger partial charge in [-0.25, -0.2) is 0 Å². The molecule has 0 fully saturated rings. The van der Waals surface area contributed by atoms with Gasteiger partial charge in [-0.2, -0.15) is 0 Å². The second kappa shape index (κ2) is 4.45. The Hall–Kier alpha value is -2.04. The van der Waals surface area contributed by atoms with Gasteiger partial charge in [0, 0.05) is 13.5 Å². The van der Waals surface area contributed by atoms with Crippen LogP contribution in [0.2, 0.25) is 0 Å². The molecule has 5 heteroatoms. The molecule has 0 bridgehead atoms. The summed E-state index contributed by atoms with van der Waals surface area (Å²) in [5, 5.41) is 2.91. The Kier molecular flexibility index (Phi) is 2.99. The molecule has 1 aromatic carbocycles. The normalized spacial score (nSPS) is 18.4. The summed E-state index contributed by atoms with van der Waals surface area (Å²) >= 11 is 0. The van der Waals surface area contributed by atoms with Gasteiger partial charge in [0.2, 0.25) is 0 Å². The maximum absolute atomic E-state index is 11.9. The Labute approximate surface area is 99.4 Å². The van der Waals surface area contributed by atoms with Crippen LogP contribution in [-0.4, -0.2) is 25.2 Å². The summed E-state index contributed by atoms with van der Waals surface area (Å²) in [6, 6.07) is 7.37. The molecule has 1 heterocycles. The number of nitrogens with zero attached hydrogens (tertiary/aromatic N) is 1. The molecule has 5 nitrogen and oxygen atoms in total. The first-order chi connectivity index (χ1) is 8.13. The first-order valence-electron chi connectivity index (χ1n) is 5.46. The average molecular weight is 234 g/mol. The Morgan fingerprint density at radius 2 is 2.18 bits per heavy atom. The van der Waals surface area contributed by atoms with E-state index in [4.69, 9.17) is 4.74 Å². The van der Waals surface area contributed by atoms with Crippen molar-refractivity contribution in [3.63, 3.8) is 0 Å². The van der Waals surface area contributed by atoms with Crippen molar-refractivity contribution >= 4 is 23.3 Å². The largest absolute Gasteiger partial charge is 0.432 e. The van der Waals surface area contributed by atoms with Crippen LogP contribution in [-0.2, 0) is 14.3 Å². The van der Waals surface area contributed by atoms with E-state index in [1.807, 2.05) is 24.3 Å². The molecule has 1 amide bonds. The van der Waals surface area contributed by atoms with Crippen molar-refractivity contribution in [1.29, 1.82) is 0 Å². The molecule has 17 heavy (non-hydrogen) atoms. The minimum absolute atomic E-state index is 0.247. The van der Waals surface area contributed by atoms with Gasteiger partial charge in [-0.15, -0.1) is 0 Å². The number of fused-ring (bicyclic) bond motifs is 1. The van der Waals surface area contributed by atoms with E-state index in [1.54, 1.807) is 14.0 Å². The lowest BCUT2D eigenvalue weighted by atomic mass is 10.2. The number of ether oxygens (including phenoxy) is 1. The number of anilines is 2. The molecule has 0 aromatic heterocycles. The standard InChI is InChI=1S/C12H14N2O3/c1-3-10(15)17-11-12(16)14(2)9-7-5-4-6-8(9)13-11/h4-7,11,13H,3H2,1-2H3/t11-/m1/s1. The van der Waals surface area contributed by atoms with Gasteiger partial charge in [0.15, 0.2) is 0 Å². The van der Waals surface area contributed by atoms with Gasteiger partial charge in [0.05, 0.1) is 11.4 Å². The van der Waals surface area contributed by atoms with E-state index in [9.17, 15) is 9.59 Å². The first kappa shape index (κ1) is 11.4. The van der Waals surface area contributed by atoms with E-state index in [-0.39, 0.29) is 12.3 Å². The number of rotatable bonds is 2. The van der Waals surface area contributed by atoms with E-state index >= 15 is 0 Å². The molecular formula is C12H14N2O3. The molecular weight excluding hydrogens is 220 g/mol. The SMILES string of the molecule is CCC(=O)O[C@H]1Nc2ccccc2N(C)C1=O. The Morgan fingerprint density at radius 3 is 2.88 bits per heavy atom. The molecule has 1 atom stereocenters. The number of carbonyl (C=O) groups is 2. The van der Waals surface area contributed by atoms with E-state index < -0.39 is 12.2 Å². The van der Waals surface area contributed by atoms with Crippen LogP contribution in [0.25, 0.3) is 0 Å². The number of nitrogens with one attached hydrogen (secondary N) is 1. The van der Waals surface area contributed by atoms with Gasteiger partial charge in [0.1, 0.15) is 0 Å². The molecule has 0 aliphatic carbocycles. The molecule has 0 unspecified atom stereocenters. The van der Waals surface area contributed by atoms with Crippen LogP contribution in [0.15, 0.2) is 24.3 Å². The highest BCUT2D eigenvalue weighted by Crippen LogP contribution is 2.30. The fourth-order valence-electron chi connectivity index (χ4n) is 1.68. The Balaban J connectivity index is 2.25. The summed E-state index contributed by atoms with van der Waals surface area (Å²) < 4.78 is 5.04. The lowest BCUT2D eigenvalue weighted by Gasteiger charge is -2.32. The summed E-state index contributed by atoms with van der Waals surface area (Å²) in [5.41, 5.74) is 1.56. The van der Waals surface area contributed by atoms with Gasteiger partial charge in [-0.05, 0) is 12.1 Å². The second-order valence-corrected chi connectivity index (χ2v) is 3.78. The van der Waals surface area contributed by atoms with Gasteiger partial charge in [-0.1, -0.05) is 19.1 Å². The van der Waals surface area contributed by atoms with Gasteiger partial charge < -0.3 is 15.0 Å². The number of likely N-dealkylation sites (N-methyl/N-ethyl adjacent to an activating group) is 1. The number of hydrogen-bond acceptors (Lipinski definition) is 4. The molecule has 1 aliphatic rings. The average Bonchev–Trinajstić information content (AvgIpc) is 2.35. The lowest BCUT2D eigenvalue weighted by Crippen LogP contribution is -2.47. The second-order valence-electron chi connectivity index (χ2n) is 3.78. The van der Waals surface area contributed by atoms with Gasteiger partial charge in [-0.3, -0.25) is 9.59 Å². The zero-order valence-corrected chi connectivity index (χ0v) is 9.77. The number of benzene rings is 1. The summed E-state index contributed by atoms with van der Waals surface area (Å²) in [7, 11) is 1.66. The minimum Gasteiger partial charge on any atom is -0.432 e. The zero-order chi connectivity index (χ0) is 12.4. The highest BCUT2D eigenvalue weighted by atomic mass is 16.6. The van der Waals surface area contributed by atoms with Crippen molar-refractivity contribution in [3.8, 4) is 0 Å². The first-order valence-corrected chi connectivity index (χ1v) is 5.46. The van der Waals surface area contributed by atoms with E-state index in [1.165, 1.54) is 4.90 Å². The quantitative estimate of drug-likeness (QED) is 0.785. The number of para-hydroxylation sites is 2. The van der Waals surface area contributed by atoms with E-state index in [0.29, 0.717) is 0 Å². The number of hydrogen-bond donors (Lipinski definition) is 1. The van der Waals surface area contributed by atoms with Crippen LogP contribution in [0.4, 0.5) is 11.4 Å². The molecule has 1 N–H and O–H groups in total. The topological polar surface area (TPSA) is 58.6 Å². The van der Waals surface area contributed by atoms with Crippen LogP contribution in [0.1, 0.15) is 13.3 Å². The van der Waals surface area contributed by atoms with Crippen LogP contribution in [0, 0.1) is 0 Å². The predicted octanol–water partition coefficient (Wildman–Crippen LogP) is 1.35. The van der Waals surface area contributed by atoms with Crippen LogP contribution >= 0.6 is 0 Å². The molecule has 2 rings (SSSR count). The third-order valence-corrected chi connectivity index (χ3v) is 2.64. The number of esters is 1. The molecule has 0 spiro atoms. The number of amides is 1. The monoisotopic (exact) mass is 234 g/mol. The molecule has 1 aromatic rings. The molecule has 1 aliphatic heterocycles. The van der Waals surface area contributed by atoms with Crippen molar-refractivity contribution < 1.29 is 14.3 Å². The van der Waals surface area contributed by atoms with Gasteiger partial charge in [0.25, 0.3) is 12.1 Å². The van der Waals surface area contributed by atoms with Crippen molar-refractivity contribution in [3.05, 3.63) is 24.3 Å². The van der Waals surface area contributed by atoms with Crippen LogP contribution in [0.3, 0.4) is 0 Å². The van der Waals surface area contributed by atoms with E-state index in [2.05, 4.69) is 5.32 Å². The highest BCUT2D eigenvalue weighted by Gasteiger charge is 2.32. The van der Waals surface area contributed by atoms with Crippen molar-refractivity contribution in [2.75, 3.05) is 17.3 Å². The molecule has 90 valence electrons. The third kappa shape index (κ3) is 2.08. The van der Waals surface area contributed by atoms with Crippen molar-refractivity contribution in [1.82, 2.24) is 0 Å². The minimum atomic E-state index is -0.928. The summed E-state index contributed by atoms with van der Waals surface area (Å²) in [6.45, 7) is 1.69. The summed E-state index contributed by atoms with van der Waals surface area (Å²) in [5.74, 6) is -0.672. The number of carbonyl (C=O) groups excluding carboxylic acids is 2. The van der Waals surface area contributed by atoms with Crippen molar-refractivity contribution in [2.24, 2.45) is 0 Å². The Morgan fingerprint density at radius 1 is 1.47 bits per heavy atom. The lowest BCUT2D eigenvalue weighted by molar-refractivity contribution is -0.153. The van der Waals surface area contributed by atoms with Gasteiger partial charge >= 0.3 is 5.97 Å². The zero-order valence-electron chi connectivity index (χ0n) is 9.77. The van der Waals surface area contributed by atoms with Crippen molar-refractivity contribution in [2.45, 2.75) is 19.6 Å². The highest BCUT2D eigenvalue weighted by molar-refractivity contribution is 6.04. The summed E-state index contributed by atoms with van der Waals surface area (Å²) in [6.07, 6.45) is -0.682. The maximum atomic E-state index is 11.9. The fourth-order valence-corrected chi connectivity index (χ4v) is 1.68. The molecule has 0 radical (unpaired) electrons. The predicted molar refractivity (Wildman–Crippen MR) is 63.6 cm³/mol.